The molecule has 4 heteroatoms. The van der Waals surface area contributed by atoms with E-state index in [1.54, 1.807) is 0 Å². The van der Waals surface area contributed by atoms with Crippen LogP contribution in [0.3, 0.4) is 0 Å². The predicted molar refractivity (Wildman–Crippen MR) is 148 cm³/mol. The van der Waals surface area contributed by atoms with Crippen LogP contribution >= 0.6 is 0 Å². The van der Waals surface area contributed by atoms with Crippen molar-refractivity contribution >= 4 is 11.5 Å². The molecule has 1 aromatic rings. The Kier molecular flexibility index (Phi) is 30.3. The van der Waals surface area contributed by atoms with Crippen molar-refractivity contribution in [3.05, 3.63) is 48.6 Å². The maximum Gasteiger partial charge on any atom is 0.126 e. The lowest BCUT2D eigenvalue weighted by Gasteiger charge is -2.18. The lowest BCUT2D eigenvalue weighted by atomic mass is 9.89. The summed E-state index contributed by atoms with van der Waals surface area (Å²) in [6.45, 7) is 25.2. The van der Waals surface area contributed by atoms with Gasteiger partial charge in [0.15, 0.2) is 0 Å². The van der Waals surface area contributed by atoms with Gasteiger partial charge in [-0.05, 0) is 71.5 Å². The molecule has 0 aromatic heterocycles. The Bertz CT molecular complexity index is 553. The molecule has 1 aromatic carbocycles. The number of nitrogens with one attached hydrogen (secondary N) is 1. The predicted octanol–water partition coefficient (Wildman–Crippen LogP) is 8.14. The topological polar surface area (TPSA) is 50.7 Å². The number of ketones is 1. The molecule has 4 nitrogen and oxygen atoms in total. The van der Waals surface area contributed by atoms with E-state index in [9.17, 15) is 4.79 Å². The fraction of sp³-hybridized carbons (Fsp3) is 0.655. The van der Waals surface area contributed by atoms with Gasteiger partial charge in [-0.15, -0.1) is 13.2 Å². The molecule has 0 radical (unpaired) electrons. The molecule has 0 aliphatic heterocycles. The highest BCUT2D eigenvalue weighted by atomic mass is 16.6. The summed E-state index contributed by atoms with van der Waals surface area (Å²) < 4.78 is 0. The first-order chi connectivity index (χ1) is 15.9. The van der Waals surface area contributed by atoms with Crippen LogP contribution in [0.2, 0.25) is 0 Å². The standard InChI is InChI=1S/C18H29NO.C6H15N.C3H6O.C2H4/c1-5-8-16(9-6-2)18(19-20-14-7-3)17-12-10-15(4)11-13-17;1-3-5-7-6-4-2;1-3(2)4;1-2/h10-13,16H,5-9,14H2,1-4H3;7H,3-6H2,1-2H3;1-2H3;1-2H2. The zero-order valence-corrected chi connectivity index (χ0v) is 23.1. The van der Waals surface area contributed by atoms with Gasteiger partial charge in [0.25, 0.3) is 0 Å². The van der Waals surface area contributed by atoms with Crippen LogP contribution in [0.15, 0.2) is 42.6 Å². The number of Topliss-reactive ketones (excluding diaryl/α,β-unsaturated/α-hetero) is 1. The first kappa shape index (κ1) is 35.6. The minimum Gasteiger partial charge on any atom is -0.396 e. The van der Waals surface area contributed by atoms with E-state index < -0.39 is 0 Å². The Morgan fingerprint density at radius 2 is 1.33 bits per heavy atom. The van der Waals surface area contributed by atoms with Crippen molar-refractivity contribution in [3.8, 4) is 0 Å². The number of rotatable bonds is 13. The molecule has 33 heavy (non-hydrogen) atoms. The third-order valence-electron chi connectivity index (χ3n) is 4.32. The molecule has 0 heterocycles. The molecule has 0 aliphatic carbocycles. The molecular formula is C29H54N2O2. The first-order valence-electron chi connectivity index (χ1n) is 12.8. The van der Waals surface area contributed by atoms with Crippen LogP contribution in [0.1, 0.15) is 105 Å². The van der Waals surface area contributed by atoms with Crippen LogP contribution in [0, 0.1) is 12.8 Å². The highest BCUT2D eigenvalue weighted by Crippen LogP contribution is 2.21. The second-order valence-corrected chi connectivity index (χ2v) is 8.11. The van der Waals surface area contributed by atoms with Crippen molar-refractivity contribution in [2.45, 2.75) is 100 Å². The normalized spacial score (nSPS) is 10.2. The van der Waals surface area contributed by atoms with Gasteiger partial charge in [0.1, 0.15) is 12.4 Å². The maximum atomic E-state index is 9.44. The molecule has 0 fully saturated rings. The van der Waals surface area contributed by atoms with Crippen LogP contribution in [0.5, 0.6) is 0 Å². The summed E-state index contributed by atoms with van der Waals surface area (Å²) in [7, 11) is 0. The lowest BCUT2D eigenvalue weighted by molar-refractivity contribution is -0.114. The zero-order chi connectivity index (χ0) is 25.9. The second-order valence-electron chi connectivity index (χ2n) is 8.11. The van der Waals surface area contributed by atoms with Gasteiger partial charge in [0, 0.05) is 5.92 Å². The Labute approximate surface area is 206 Å². The molecule has 0 spiro atoms. The van der Waals surface area contributed by atoms with Crippen LogP contribution in [0.25, 0.3) is 0 Å². The van der Waals surface area contributed by atoms with E-state index in [1.807, 2.05) is 0 Å². The van der Waals surface area contributed by atoms with Crippen molar-refractivity contribution < 1.29 is 9.63 Å². The minimum absolute atomic E-state index is 0.167. The molecule has 0 aliphatic rings. The van der Waals surface area contributed by atoms with E-state index in [1.165, 1.54) is 76.6 Å². The number of hydrogen-bond donors (Lipinski definition) is 1. The SMILES string of the molecule is C=C.CC(C)=O.CCCNCCC.CCCON=C(c1ccc(C)cc1)C(CCC)CCC. The third-order valence-corrected chi connectivity index (χ3v) is 4.32. The fourth-order valence-electron chi connectivity index (χ4n) is 2.89. The summed E-state index contributed by atoms with van der Waals surface area (Å²) in [5, 5.41) is 7.75. The molecule has 0 saturated carbocycles. The van der Waals surface area contributed by atoms with E-state index in [-0.39, 0.29) is 5.78 Å². The fourth-order valence-corrected chi connectivity index (χ4v) is 2.89. The van der Waals surface area contributed by atoms with Gasteiger partial charge < -0.3 is 14.9 Å². The van der Waals surface area contributed by atoms with E-state index in [4.69, 9.17) is 4.84 Å². The number of hydrogen-bond acceptors (Lipinski definition) is 4. The Morgan fingerprint density at radius 3 is 1.70 bits per heavy atom. The van der Waals surface area contributed by atoms with E-state index >= 15 is 0 Å². The van der Waals surface area contributed by atoms with Gasteiger partial charge in [-0.1, -0.05) is 82.4 Å². The highest BCUT2D eigenvalue weighted by molar-refractivity contribution is 6.01. The third kappa shape index (κ3) is 24.5. The lowest BCUT2D eigenvalue weighted by Crippen LogP contribution is -2.17. The Balaban J connectivity index is -0.000000571. The van der Waals surface area contributed by atoms with Crippen LogP contribution in [-0.2, 0) is 9.63 Å². The average Bonchev–Trinajstić information content (AvgIpc) is 2.79. The summed E-state index contributed by atoms with van der Waals surface area (Å²) in [6.07, 6.45) is 8.22. The van der Waals surface area contributed by atoms with Crippen molar-refractivity contribution in [1.82, 2.24) is 5.32 Å². The number of aryl methyl sites for hydroxylation is 1. The van der Waals surface area contributed by atoms with E-state index in [0.29, 0.717) is 12.5 Å². The molecule has 1 N–H and O–H groups in total. The van der Waals surface area contributed by atoms with Gasteiger partial charge in [-0.25, -0.2) is 0 Å². The second kappa shape index (κ2) is 28.1. The van der Waals surface area contributed by atoms with Gasteiger partial charge in [-0.2, -0.15) is 0 Å². The molecule has 0 saturated heterocycles. The smallest absolute Gasteiger partial charge is 0.126 e. The van der Waals surface area contributed by atoms with Crippen molar-refractivity contribution in [2.24, 2.45) is 11.1 Å². The number of carbonyl (C=O) groups is 1. The molecule has 1 rings (SSSR count). The highest BCUT2D eigenvalue weighted by Gasteiger charge is 2.17. The van der Waals surface area contributed by atoms with E-state index in [0.717, 1.165) is 12.1 Å². The molecule has 0 amide bonds. The van der Waals surface area contributed by atoms with Gasteiger partial charge in [-0.3, -0.25) is 0 Å². The number of carbonyl (C=O) groups excluding carboxylic acids is 1. The monoisotopic (exact) mass is 462 g/mol. The van der Waals surface area contributed by atoms with Gasteiger partial charge in [0.05, 0.1) is 5.71 Å². The van der Waals surface area contributed by atoms with E-state index in [2.05, 4.69) is 89.4 Å². The van der Waals surface area contributed by atoms with Crippen LogP contribution in [-0.4, -0.2) is 31.2 Å². The van der Waals surface area contributed by atoms with Gasteiger partial charge >= 0.3 is 0 Å². The molecule has 0 unspecified atom stereocenters. The zero-order valence-electron chi connectivity index (χ0n) is 23.1. The summed E-state index contributed by atoms with van der Waals surface area (Å²) in [4.78, 5) is 14.9. The first-order valence-corrected chi connectivity index (χ1v) is 12.8. The summed E-state index contributed by atoms with van der Waals surface area (Å²) >= 11 is 0. The van der Waals surface area contributed by atoms with Crippen molar-refractivity contribution in [1.29, 1.82) is 0 Å². The summed E-state index contributed by atoms with van der Waals surface area (Å²) in [5.41, 5.74) is 3.62. The molecule has 0 bridgehead atoms. The number of oxime groups is 1. The quantitative estimate of drug-likeness (QED) is 0.139. The number of benzene rings is 1. The molecule has 0 atom stereocenters. The number of nitrogens with zero attached hydrogens (tertiary/aromatic N) is 1. The minimum atomic E-state index is 0.167. The van der Waals surface area contributed by atoms with Gasteiger partial charge in [0.2, 0.25) is 0 Å². The van der Waals surface area contributed by atoms with Crippen LogP contribution in [0.4, 0.5) is 0 Å². The van der Waals surface area contributed by atoms with Crippen molar-refractivity contribution in [3.63, 3.8) is 0 Å². The average molecular weight is 463 g/mol. The molecule has 192 valence electrons. The summed E-state index contributed by atoms with van der Waals surface area (Å²) in [6, 6.07) is 8.64. The maximum absolute atomic E-state index is 9.44. The summed E-state index contributed by atoms with van der Waals surface area (Å²) in [5.74, 6) is 0.671. The Hall–Kier alpha value is -1.94. The largest absolute Gasteiger partial charge is 0.396 e. The van der Waals surface area contributed by atoms with Crippen molar-refractivity contribution in [2.75, 3.05) is 19.7 Å². The Morgan fingerprint density at radius 1 is 0.879 bits per heavy atom. The molecular weight excluding hydrogens is 408 g/mol. The van der Waals surface area contributed by atoms with Crippen LogP contribution < -0.4 is 5.32 Å².